The summed E-state index contributed by atoms with van der Waals surface area (Å²) in [4.78, 5) is 18.1. The molecule has 5 rings (SSSR count). The van der Waals surface area contributed by atoms with Gasteiger partial charge in [0.2, 0.25) is 6.29 Å². The number of halogens is 6. The molecule has 2 aliphatic heterocycles. The topological polar surface area (TPSA) is 113 Å². The number of carbonyl (C=O) groups excluding carboxylic acids is 1. The summed E-state index contributed by atoms with van der Waals surface area (Å²) in [6.45, 7) is 0.344. The molecule has 1 atom stereocenters. The molecule has 0 N–H and O–H groups in total. The van der Waals surface area contributed by atoms with Gasteiger partial charge in [-0.2, -0.15) is 40.2 Å². The van der Waals surface area contributed by atoms with Gasteiger partial charge in [0, 0.05) is 41.2 Å². The van der Waals surface area contributed by atoms with Crippen molar-refractivity contribution in [3.8, 4) is 5.75 Å². The standard InChI is InChI=1S/C25H24F6N4O6S2/c1-13-9-20(24(27,28)29)33-35(13)25(30,31)23(36)34-7-5-14(6-8-34)21-32-18(12-42-21)22-39-10-15-16(11-40-22)19(4-3-17(15)26)41-43(2,37)38/h3-4,9,12,14,22H,5-8,10-11H2,1-2H3. The molecule has 0 saturated carbocycles. The molecule has 10 nitrogen and oxygen atoms in total. The second kappa shape index (κ2) is 11.4. The van der Waals surface area contributed by atoms with Gasteiger partial charge in [0.25, 0.3) is 0 Å². The van der Waals surface area contributed by atoms with E-state index in [1.54, 1.807) is 5.38 Å². The Morgan fingerprint density at radius 1 is 1.09 bits per heavy atom. The Morgan fingerprint density at radius 3 is 2.35 bits per heavy atom. The number of thiazole rings is 1. The molecule has 2 aliphatic rings. The van der Waals surface area contributed by atoms with Crippen LogP contribution in [0.3, 0.4) is 0 Å². The Morgan fingerprint density at radius 2 is 1.74 bits per heavy atom. The Hall–Kier alpha value is -3.22. The summed E-state index contributed by atoms with van der Waals surface area (Å²) in [6.07, 6.45) is -4.59. The summed E-state index contributed by atoms with van der Waals surface area (Å²) in [6, 6.07) is -1.62. The molecule has 43 heavy (non-hydrogen) atoms. The number of aromatic nitrogens is 3. The number of fused-ring (bicyclic) bond motifs is 1. The lowest BCUT2D eigenvalue weighted by Crippen LogP contribution is -2.48. The van der Waals surface area contributed by atoms with Gasteiger partial charge in [-0.05, 0) is 38.0 Å². The third-order valence-corrected chi connectivity index (χ3v) is 8.45. The van der Waals surface area contributed by atoms with E-state index in [1.807, 2.05) is 0 Å². The van der Waals surface area contributed by atoms with Crippen LogP contribution in [0.4, 0.5) is 26.3 Å². The first-order chi connectivity index (χ1) is 20.0. The maximum atomic E-state index is 14.9. The van der Waals surface area contributed by atoms with Gasteiger partial charge in [0.15, 0.2) is 5.69 Å². The number of hydrogen-bond acceptors (Lipinski definition) is 9. The molecule has 1 aromatic carbocycles. The average molecular weight is 655 g/mol. The Labute approximate surface area is 245 Å². The van der Waals surface area contributed by atoms with Crippen LogP contribution in [0.2, 0.25) is 0 Å². The van der Waals surface area contributed by atoms with Crippen molar-refractivity contribution in [2.75, 3.05) is 19.3 Å². The SMILES string of the molecule is Cc1cc(C(F)(F)F)nn1C(F)(F)C(=O)N1CCC(c2nc(C3OCc4c(F)ccc(OS(C)(=O)=O)c4CO3)cs2)CC1. The highest BCUT2D eigenvalue weighted by molar-refractivity contribution is 7.86. The minimum Gasteiger partial charge on any atom is -0.382 e. The van der Waals surface area contributed by atoms with Crippen LogP contribution in [0.15, 0.2) is 23.6 Å². The smallest absolute Gasteiger partial charge is 0.382 e. The van der Waals surface area contributed by atoms with Crippen LogP contribution < -0.4 is 4.18 Å². The molecule has 0 spiro atoms. The molecule has 1 fully saturated rings. The molecule has 4 heterocycles. The van der Waals surface area contributed by atoms with Crippen LogP contribution in [0.25, 0.3) is 0 Å². The number of nitrogens with zero attached hydrogens (tertiary/aromatic N) is 4. The highest BCUT2D eigenvalue weighted by atomic mass is 32.2. The van der Waals surface area contributed by atoms with Crippen molar-refractivity contribution in [3.05, 3.63) is 62.6 Å². The van der Waals surface area contributed by atoms with Gasteiger partial charge in [0.1, 0.15) is 17.3 Å². The number of amides is 1. The lowest BCUT2D eigenvalue weighted by molar-refractivity contribution is -0.178. The van der Waals surface area contributed by atoms with E-state index >= 15 is 0 Å². The van der Waals surface area contributed by atoms with E-state index < -0.39 is 51.7 Å². The predicted molar refractivity (Wildman–Crippen MR) is 137 cm³/mol. The molecule has 3 aromatic rings. The van der Waals surface area contributed by atoms with Crippen molar-refractivity contribution in [2.45, 2.75) is 57.4 Å². The highest BCUT2D eigenvalue weighted by Crippen LogP contribution is 2.38. The highest BCUT2D eigenvalue weighted by Gasteiger charge is 2.48. The summed E-state index contributed by atoms with van der Waals surface area (Å²) < 4.78 is 123. The Balaban J connectivity index is 1.23. The number of aryl methyl sites for hydroxylation is 1. The quantitative estimate of drug-likeness (QED) is 0.274. The molecule has 1 saturated heterocycles. The summed E-state index contributed by atoms with van der Waals surface area (Å²) in [5, 5.41) is 5.21. The number of rotatable bonds is 6. The van der Waals surface area contributed by atoms with Crippen LogP contribution >= 0.6 is 11.3 Å². The summed E-state index contributed by atoms with van der Waals surface area (Å²) >= 11 is 1.25. The number of piperidine rings is 1. The molecule has 2 aromatic heterocycles. The van der Waals surface area contributed by atoms with E-state index in [0.717, 1.165) is 24.1 Å². The second-order valence-corrected chi connectivity index (χ2v) is 12.5. The van der Waals surface area contributed by atoms with Crippen molar-refractivity contribution >= 4 is 27.4 Å². The molecule has 0 bridgehead atoms. The lowest BCUT2D eigenvalue weighted by Gasteiger charge is -2.33. The number of benzene rings is 1. The molecule has 0 radical (unpaired) electrons. The van der Waals surface area contributed by atoms with Crippen molar-refractivity contribution < 1.29 is 53.2 Å². The molecular formula is C25H24F6N4O6S2. The molecule has 0 aliphatic carbocycles. The summed E-state index contributed by atoms with van der Waals surface area (Å²) in [5.74, 6) is -2.58. The van der Waals surface area contributed by atoms with E-state index in [0.29, 0.717) is 16.8 Å². The fourth-order valence-electron chi connectivity index (χ4n) is 4.84. The molecular weight excluding hydrogens is 630 g/mol. The van der Waals surface area contributed by atoms with Gasteiger partial charge in [-0.15, -0.1) is 11.3 Å². The Kier molecular flexibility index (Phi) is 8.25. The van der Waals surface area contributed by atoms with Gasteiger partial charge < -0.3 is 18.6 Å². The molecule has 1 unspecified atom stereocenters. The molecule has 234 valence electrons. The first-order valence-corrected chi connectivity index (χ1v) is 15.4. The number of likely N-dealkylation sites (tertiary alicyclic amines) is 1. The number of ether oxygens (including phenoxy) is 2. The van der Waals surface area contributed by atoms with Crippen molar-refractivity contribution in [1.82, 2.24) is 19.7 Å². The minimum atomic E-state index is -4.94. The maximum absolute atomic E-state index is 14.9. The van der Waals surface area contributed by atoms with E-state index in [9.17, 15) is 39.6 Å². The van der Waals surface area contributed by atoms with Gasteiger partial charge in [0.05, 0.1) is 24.5 Å². The zero-order chi connectivity index (χ0) is 31.3. The molecule has 18 heteroatoms. The fourth-order valence-corrected chi connectivity index (χ4v) is 6.31. The second-order valence-electron chi connectivity index (χ2n) is 10.0. The van der Waals surface area contributed by atoms with E-state index in [-0.39, 0.29) is 66.6 Å². The van der Waals surface area contributed by atoms with Gasteiger partial charge in [-0.25, -0.2) is 9.37 Å². The number of hydrogen-bond donors (Lipinski definition) is 0. The van der Waals surface area contributed by atoms with Crippen molar-refractivity contribution in [3.63, 3.8) is 0 Å². The first kappa shape index (κ1) is 31.2. The lowest BCUT2D eigenvalue weighted by atomic mass is 9.97. The van der Waals surface area contributed by atoms with Crippen LogP contribution in [0.1, 0.15) is 58.3 Å². The first-order valence-electron chi connectivity index (χ1n) is 12.7. The summed E-state index contributed by atoms with van der Waals surface area (Å²) in [7, 11) is -3.89. The fraction of sp³-hybridized carbons (Fsp3) is 0.480. The normalized spacial score (nSPS) is 18.8. The number of alkyl halides is 5. The zero-order valence-electron chi connectivity index (χ0n) is 22.5. The van der Waals surface area contributed by atoms with E-state index in [1.165, 1.54) is 17.4 Å². The average Bonchev–Trinajstić information content (AvgIpc) is 3.51. The largest absolute Gasteiger partial charge is 0.435 e. The van der Waals surface area contributed by atoms with Crippen molar-refractivity contribution in [2.24, 2.45) is 0 Å². The van der Waals surface area contributed by atoms with Crippen LogP contribution in [0.5, 0.6) is 5.75 Å². The predicted octanol–water partition coefficient (Wildman–Crippen LogP) is 4.85. The Bertz CT molecular complexity index is 1630. The van der Waals surface area contributed by atoms with E-state index in [2.05, 4.69) is 10.1 Å². The van der Waals surface area contributed by atoms with Gasteiger partial charge in [-0.3, -0.25) is 4.79 Å². The third kappa shape index (κ3) is 6.51. The van der Waals surface area contributed by atoms with Crippen molar-refractivity contribution in [1.29, 1.82) is 0 Å². The molecule has 1 amide bonds. The maximum Gasteiger partial charge on any atom is 0.435 e. The number of carbonyl (C=O) groups is 1. The monoisotopic (exact) mass is 654 g/mol. The van der Waals surface area contributed by atoms with Crippen LogP contribution in [-0.4, -0.2) is 53.3 Å². The van der Waals surface area contributed by atoms with Crippen LogP contribution in [0, 0.1) is 12.7 Å². The van der Waals surface area contributed by atoms with Gasteiger partial charge >= 0.3 is 28.2 Å². The zero-order valence-corrected chi connectivity index (χ0v) is 24.2. The minimum absolute atomic E-state index is 0.0767. The van der Waals surface area contributed by atoms with Crippen LogP contribution in [-0.2, 0) is 49.8 Å². The third-order valence-electron chi connectivity index (χ3n) is 6.94. The van der Waals surface area contributed by atoms with Gasteiger partial charge in [-0.1, -0.05) is 0 Å². The summed E-state index contributed by atoms with van der Waals surface area (Å²) in [5.41, 5.74) is -1.42. The van der Waals surface area contributed by atoms with E-state index in [4.69, 9.17) is 13.7 Å².